The summed E-state index contributed by atoms with van der Waals surface area (Å²) in [6.07, 6.45) is 2.10. The number of amides is 2. The lowest BCUT2D eigenvalue weighted by molar-refractivity contribution is -0.129. The number of likely N-dealkylation sites (N-methyl/N-ethyl adjacent to an activating group) is 2. The number of hydrogen-bond donors (Lipinski definition) is 2. The molecule has 0 aliphatic carbocycles. The molecule has 0 fully saturated rings. The minimum Gasteiger partial charge on any atom is -0.348 e. The lowest BCUT2D eigenvalue weighted by Crippen LogP contribution is -2.35. The van der Waals surface area contributed by atoms with Crippen LogP contribution in [-0.4, -0.2) is 55.8 Å². The molecule has 0 aromatic rings. The van der Waals surface area contributed by atoms with Crippen LogP contribution in [0.5, 0.6) is 0 Å². The van der Waals surface area contributed by atoms with Gasteiger partial charge in [-0.15, -0.1) is 0 Å². The van der Waals surface area contributed by atoms with E-state index in [9.17, 15) is 9.59 Å². The first-order valence-corrected chi connectivity index (χ1v) is 5.35. The Kier molecular flexibility index (Phi) is 7.49. The molecule has 0 bridgehead atoms. The van der Waals surface area contributed by atoms with E-state index >= 15 is 0 Å². The third-order valence-corrected chi connectivity index (χ3v) is 2.26. The Balaban J connectivity index is 3.54. The molecule has 6 nitrogen and oxygen atoms in total. The van der Waals surface area contributed by atoms with E-state index in [-0.39, 0.29) is 11.8 Å². The maximum Gasteiger partial charge on any atom is 0.236 e. The summed E-state index contributed by atoms with van der Waals surface area (Å²) in [5.41, 5.74) is 2.09. The molecule has 0 aromatic heterocycles. The number of nitrogens with zero attached hydrogens (tertiary/aromatic N) is 2. The summed E-state index contributed by atoms with van der Waals surface area (Å²) in [6.45, 7) is 1.22. The largest absolute Gasteiger partial charge is 0.348 e. The number of rotatable bonds is 7. The third-order valence-electron chi connectivity index (χ3n) is 2.26. The molecule has 16 heavy (non-hydrogen) atoms. The van der Waals surface area contributed by atoms with Crippen molar-refractivity contribution in [2.75, 3.05) is 34.2 Å². The lowest BCUT2D eigenvalue weighted by atomic mass is 10.2. The second kappa shape index (κ2) is 8.06. The van der Waals surface area contributed by atoms with E-state index in [1.54, 1.807) is 19.0 Å². The molecule has 0 aliphatic heterocycles. The van der Waals surface area contributed by atoms with Crippen LogP contribution in [0.3, 0.4) is 0 Å². The van der Waals surface area contributed by atoms with Gasteiger partial charge in [0.05, 0.1) is 6.54 Å². The summed E-state index contributed by atoms with van der Waals surface area (Å²) in [6, 6.07) is 0. The first-order chi connectivity index (χ1) is 7.47. The molecule has 0 aromatic carbocycles. The fourth-order valence-electron chi connectivity index (χ4n) is 1.19. The predicted molar refractivity (Wildman–Crippen MR) is 62.4 cm³/mol. The Morgan fingerprint density at radius 2 is 1.81 bits per heavy atom. The van der Waals surface area contributed by atoms with Gasteiger partial charge in [-0.05, 0) is 26.4 Å². The Bertz CT molecular complexity index is 231. The van der Waals surface area contributed by atoms with Crippen molar-refractivity contribution in [2.45, 2.75) is 19.3 Å². The van der Waals surface area contributed by atoms with Gasteiger partial charge in [0.2, 0.25) is 11.8 Å². The maximum atomic E-state index is 11.3. The first kappa shape index (κ1) is 14.9. The van der Waals surface area contributed by atoms with E-state index in [1.165, 1.54) is 0 Å². The van der Waals surface area contributed by atoms with Gasteiger partial charge in [0.15, 0.2) is 0 Å². The number of nitrogens with one attached hydrogen (secondary N) is 1. The van der Waals surface area contributed by atoms with Gasteiger partial charge in [0.25, 0.3) is 0 Å². The minimum absolute atomic E-state index is 0.0854. The molecule has 0 atom stereocenters. The molecule has 3 N–H and O–H groups in total. The van der Waals surface area contributed by atoms with Crippen molar-refractivity contribution in [1.82, 2.24) is 15.2 Å². The van der Waals surface area contributed by atoms with Gasteiger partial charge in [-0.1, -0.05) is 0 Å². The van der Waals surface area contributed by atoms with Crippen LogP contribution in [0.1, 0.15) is 19.3 Å². The highest BCUT2D eigenvalue weighted by Gasteiger charge is 2.07. The summed E-state index contributed by atoms with van der Waals surface area (Å²) in [5, 5.41) is 0. The van der Waals surface area contributed by atoms with Gasteiger partial charge < -0.3 is 4.90 Å². The zero-order valence-corrected chi connectivity index (χ0v) is 10.3. The Labute approximate surface area is 96.7 Å². The molecule has 0 heterocycles. The highest BCUT2D eigenvalue weighted by atomic mass is 16.2. The van der Waals surface area contributed by atoms with E-state index in [1.807, 2.05) is 11.9 Å². The van der Waals surface area contributed by atoms with E-state index in [2.05, 4.69) is 5.43 Å². The van der Waals surface area contributed by atoms with E-state index in [0.717, 1.165) is 19.4 Å². The average Bonchev–Trinajstić information content (AvgIpc) is 2.23. The van der Waals surface area contributed by atoms with Crippen LogP contribution in [0, 0.1) is 0 Å². The molecule has 0 spiro atoms. The van der Waals surface area contributed by atoms with Crippen LogP contribution in [0.15, 0.2) is 0 Å². The van der Waals surface area contributed by atoms with Crippen LogP contribution < -0.4 is 11.3 Å². The quantitative estimate of drug-likeness (QED) is 0.259. The number of carbonyl (C=O) groups is 2. The molecular weight excluding hydrogens is 208 g/mol. The average molecular weight is 230 g/mol. The molecule has 0 aliphatic rings. The fourth-order valence-corrected chi connectivity index (χ4v) is 1.19. The summed E-state index contributed by atoms with van der Waals surface area (Å²) in [5.74, 6) is 4.89. The molecule has 0 rings (SSSR count). The fraction of sp³-hybridized carbons (Fsp3) is 0.800. The Hall–Kier alpha value is -1.14. The number of carbonyl (C=O) groups excluding carboxylic acids is 2. The van der Waals surface area contributed by atoms with E-state index in [0.29, 0.717) is 13.0 Å². The topological polar surface area (TPSA) is 78.7 Å². The molecule has 0 unspecified atom stereocenters. The Morgan fingerprint density at radius 1 is 1.19 bits per heavy atom. The summed E-state index contributed by atoms with van der Waals surface area (Å²) in [4.78, 5) is 25.7. The molecule has 0 radical (unpaired) electrons. The maximum absolute atomic E-state index is 11.3. The summed E-state index contributed by atoms with van der Waals surface area (Å²) >= 11 is 0. The van der Waals surface area contributed by atoms with Crippen LogP contribution >= 0.6 is 0 Å². The van der Waals surface area contributed by atoms with E-state index in [4.69, 9.17) is 5.84 Å². The number of unbranched alkanes of at least 4 members (excludes halogenated alkanes) is 1. The van der Waals surface area contributed by atoms with Gasteiger partial charge in [0, 0.05) is 20.5 Å². The monoisotopic (exact) mass is 230 g/mol. The minimum atomic E-state index is -0.146. The second-order valence-electron chi connectivity index (χ2n) is 4.05. The van der Waals surface area contributed by atoms with Crippen molar-refractivity contribution in [3.05, 3.63) is 0 Å². The van der Waals surface area contributed by atoms with Gasteiger partial charge >= 0.3 is 0 Å². The zero-order valence-electron chi connectivity index (χ0n) is 10.3. The summed E-state index contributed by atoms with van der Waals surface area (Å²) in [7, 11) is 5.37. The molecule has 94 valence electrons. The summed E-state index contributed by atoms with van der Waals surface area (Å²) < 4.78 is 0. The van der Waals surface area contributed by atoms with Crippen molar-refractivity contribution < 1.29 is 9.59 Å². The number of nitrogens with two attached hydrogens (primary N) is 1. The third kappa shape index (κ3) is 7.19. The van der Waals surface area contributed by atoms with Crippen LogP contribution in [-0.2, 0) is 9.59 Å². The van der Waals surface area contributed by atoms with Crippen molar-refractivity contribution in [2.24, 2.45) is 5.84 Å². The normalized spacial score (nSPS) is 10.3. The number of hydrogen-bond acceptors (Lipinski definition) is 4. The molecule has 0 saturated heterocycles. The van der Waals surface area contributed by atoms with Crippen LogP contribution in [0.4, 0.5) is 0 Å². The van der Waals surface area contributed by atoms with Crippen LogP contribution in [0.2, 0.25) is 0 Å². The van der Waals surface area contributed by atoms with Crippen LogP contribution in [0.25, 0.3) is 0 Å². The first-order valence-electron chi connectivity index (χ1n) is 5.35. The Morgan fingerprint density at radius 3 is 2.31 bits per heavy atom. The molecule has 6 heteroatoms. The molecule has 2 amide bonds. The zero-order chi connectivity index (χ0) is 12.6. The van der Waals surface area contributed by atoms with Crippen molar-refractivity contribution in [1.29, 1.82) is 0 Å². The molecule has 0 saturated carbocycles. The van der Waals surface area contributed by atoms with Crippen molar-refractivity contribution in [3.8, 4) is 0 Å². The highest BCUT2D eigenvalue weighted by Crippen LogP contribution is 1.97. The second-order valence-corrected chi connectivity index (χ2v) is 4.05. The van der Waals surface area contributed by atoms with Gasteiger partial charge in [0.1, 0.15) is 0 Å². The van der Waals surface area contributed by atoms with Gasteiger partial charge in [-0.3, -0.25) is 19.9 Å². The highest BCUT2D eigenvalue weighted by molar-refractivity contribution is 5.77. The lowest BCUT2D eigenvalue weighted by Gasteiger charge is -2.18. The van der Waals surface area contributed by atoms with Gasteiger partial charge in [-0.2, -0.15) is 0 Å². The molecular formula is C10H22N4O2. The number of hydrazine groups is 1. The standard InChI is InChI=1S/C10H22N4O2/c1-13(2)10(16)8-14(3)7-5-4-6-9(15)12-11/h4-8,11H2,1-3H3,(H,12,15). The predicted octanol–water partition coefficient (Wildman–Crippen LogP) is -0.833. The van der Waals surface area contributed by atoms with E-state index < -0.39 is 0 Å². The smallest absolute Gasteiger partial charge is 0.236 e. The van der Waals surface area contributed by atoms with Crippen molar-refractivity contribution in [3.63, 3.8) is 0 Å². The van der Waals surface area contributed by atoms with Gasteiger partial charge in [-0.25, -0.2) is 5.84 Å². The van der Waals surface area contributed by atoms with Crippen molar-refractivity contribution >= 4 is 11.8 Å². The SMILES string of the molecule is CN(CCCCC(=O)NN)CC(=O)N(C)C.